The van der Waals surface area contributed by atoms with Crippen LogP contribution < -0.4 is 0 Å². The van der Waals surface area contributed by atoms with Gasteiger partial charge in [-0.15, -0.1) is 0 Å². The number of hydrogen-bond donors (Lipinski definition) is 0. The van der Waals surface area contributed by atoms with Gasteiger partial charge in [-0.3, -0.25) is 4.79 Å². The summed E-state index contributed by atoms with van der Waals surface area (Å²) in [6.45, 7) is 9.09. The van der Waals surface area contributed by atoms with E-state index in [4.69, 9.17) is 6.92 Å². The summed E-state index contributed by atoms with van der Waals surface area (Å²) in [7, 11) is 0. The first-order chi connectivity index (χ1) is 2.27. The van der Waals surface area contributed by atoms with Crippen molar-refractivity contribution in [3.63, 3.8) is 0 Å². The third-order valence-corrected chi connectivity index (χ3v) is 0.185. The van der Waals surface area contributed by atoms with Crippen molar-refractivity contribution in [2.45, 2.75) is 0 Å². The number of allylic oxidation sites excluding steroid dienone is 1. The topological polar surface area (TPSA) is 17.1 Å². The average molecular weight is 178 g/mol. The Morgan fingerprint density at radius 2 is 1.86 bits per heavy atom. The minimum absolute atomic E-state index is 0. The predicted molar refractivity (Wildman–Crippen MR) is 18.4 cm³/mol. The van der Waals surface area contributed by atoms with Crippen molar-refractivity contribution >= 4 is 5.78 Å². The van der Waals surface area contributed by atoms with Gasteiger partial charge in [0.25, 0.3) is 0 Å². The maximum Gasteiger partial charge on any atom is 0.164 e. The molecule has 0 unspecified atom stereocenters. The minimum Gasteiger partial charge on any atom is -0.294 e. The second kappa shape index (κ2) is 9.66. The summed E-state index contributed by atoms with van der Waals surface area (Å²) in [5.41, 5.74) is 0. The molecule has 1 nitrogen and oxygen atoms in total. The first-order valence-corrected chi connectivity index (χ1v) is 1.15. The van der Waals surface area contributed by atoms with Gasteiger partial charge in [0, 0.05) is 33.9 Å². The molecule has 0 fully saturated rings. The van der Waals surface area contributed by atoms with Crippen LogP contribution in [0.1, 0.15) is 0 Å². The second-order valence-electron chi connectivity index (χ2n) is 0.568. The maximum atomic E-state index is 9.36. The summed E-state index contributed by atoms with van der Waals surface area (Å²) in [4.78, 5) is 9.36. The van der Waals surface area contributed by atoms with E-state index in [0.717, 1.165) is 6.08 Å². The van der Waals surface area contributed by atoms with Crippen LogP contribution in [0.2, 0.25) is 0 Å². The molecule has 41 valence electrons. The smallest absolute Gasteiger partial charge is 0.164 e. The first kappa shape index (κ1) is 15.7. The normalized spacial score (nSPS) is 4.71. The van der Waals surface area contributed by atoms with E-state index in [1.807, 2.05) is 0 Å². The van der Waals surface area contributed by atoms with E-state index in [2.05, 4.69) is 6.58 Å². The summed E-state index contributed by atoms with van der Waals surface area (Å²) >= 11 is 0. The molecule has 0 saturated carbocycles. The number of rotatable bonds is 1. The van der Waals surface area contributed by atoms with Gasteiger partial charge in [0.05, 0.1) is 6.92 Å². The van der Waals surface area contributed by atoms with Crippen molar-refractivity contribution in [3.8, 4) is 0 Å². The summed E-state index contributed by atoms with van der Waals surface area (Å²) in [5.74, 6) is -0.731. The maximum absolute atomic E-state index is 9.36. The molecule has 0 N–H and O–H groups in total. The van der Waals surface area contributed by atoms with Gasteiger partial charge in [0.1, 0.15) is 0 Å². The van der Waals surface area contributed by atoms with E-state index in [9.17, 15) is 4.79 Å². The molecule has 3 radical (unpaired) electrons. The molecule has 0 saturated heterocycles. The SMILES string of the molecule is [C]C(=O)C=C.[Cr].[Ni]. The van der Waals surface area contributed by atoms with E-state index in [1.165, 1.54) is 0 Å². The van der Waals surface area contributed by atoms with Crippen molar-refractivity contribution in [2.75, 3.05) is 0 Å². The van der Waals surface area contributed by atoms with Gasteiger partial charge in [-0.2, -0.15) is 0 Å². The molecule has 0 spiro atoms. The Balaban J connectivity index is -0.0000000800. The van der Waals surface area contributed by atoms with Gasteiger partial charge in [-0.1, -0.05) is 6.58 Å². The van der Waals surface area contributed by atoms with Crippen molar-refractivity contribution in [2.24, 2.45) is 0 Å². The van der Waals surface area contributed by atoms with Crippen molar-refractivity contribution in [3.05, 3.63) is 19.6 Å². The fourth-order valence-corrected chi connectivity index (χ4v) is 0. The van der Waals surface area contributed by atoms with Gasteiger partial charge >= 0.3 is 0 Å². The van der Waals surface area contributed by atoms with Gasteiger partial charge in [0.2, 0.25) is 0 Å². The third kappa shape index (κ3) is 21.3. The Kier molecular flexibility index (Phi) is 21.6. The average Bonchev–Trinajstić information content (AvgIpc) is 1.38. The number of hydrogen-bond acceptors (Lipinski definition) is 1. The number of carbonyl (C=O) groups is 1. The van der Waals surface area contributed by atoms with Gasteiger partial charge in [-0.05, 0) is 6.08 Å². The molecule has 0 atom stereocenters. The molecule has 0 amide bonds. The van der Waals surface area contributed by atoms with Crippen LogP contribution in [-0.4, -0.2) is 5.78 Å². The summed E-state index contributed by atoms with van der Waals surface area (Å²) in [5, 5.41) is 0. The van der Waals surface area contributed by atoms with Crippen LogP contribution >= 0.6 is 0 Å². The van der Waals surface area contributed by atoms with Crippen molar-refractivity contribution in [1.82, 2.24) is 0 Å². The minimum atomic E-state index is -0.731. The molecular weight excluding hydrogens is 175 g/mol. The van der Waals surface area contributed by atoms with E-state index in [1.54, 1.807) is 0 Å². The van der Waals surface area contributed by atoms with Crippen molar-refractivity contribution < 1.29 is 38.6 Å². The first-order valence-electron chi connectivity index (χ1n) is 1.15. The van der Waals surface area contributed by atoms with E-state index in [0.29, 0.717) is 0 Å². The van der Waals surface area contributed by atoms with Crippen molar-refractivity contribution in [1.29, 1.82) is 0 Å². The number of ketones is 1. The van der Waals surface area contributed by atoms with Gasteiger partial charge in [0.15, 0.2) is 5.78 Å². The standard InChI is InChI=1S/C4H3O.Cr.Ni/c1-3-4(2)5;;/h3H,1H2;;. The molecule has 0 bridgehead atoms. The molecule has 0 aliphatic rings. The molecule has 0 aliphatic heterocycles. The van der Waals surface area contributed by atoms with Crippen LogP contribution in [0.3, 0.4) is 0 Å². The van der Waals surface area contributed by atoms with Crippen LogP contribution in [0, 0.1) is 6.92 Å². The zero-order valence-corrected chi connectivity index (χ0v) is 5.68. The summed E-state index contributed by atoms with van der Waals surface area (Å²) < 4.78 is 0. The number of carbonyl (C=O) groups excluding carboxylic acids is 1. The second-order valence-corrected chi connectivity index (χ2v) is 0.568. The van der Waals surface area contributed by atoms with E-state index < -0.39 is 5.78 Å². The molecule has 0 aromatic carbocycles. The van der Waals surface area contributed by atoms with E-state index >= 15 is 0 Å². The molecular formula is C4H3CrNiO. The predicted octanol–water partition coefficient (Wildman–Crippen LogP) is 0.325. The van der Waals surface area contributed by atoms with Crippen LogP contribution in [-0.2, 0) is 38.6 Å². The Morgan fingerprint density at radius 1 is 1.71 bits per heavy atom. The Labute approximate surface area is 64.2 Å². The quantitative estimate of drug-likeness (QED) is 0.417. The molecule has 0 rings (SSSR count). The Bertz CT molecular complexity index is 62.7. The zero-order valence-electron chi connectivity index (χ0n) is 3.42. The Hall–Kier alpha value is 0.436. The van der Waals surface area contributed by atoms with E-state index in [-0.39, 0.29) is 33.9 Å². The molecule has 0 aromatic heterocycles. The third-order valence-electron chi connectivity index (χ3n) is 0.185. The summed E-state index contributed by atoms with van der Waals surface area (Å²) in [6, 6.07) is 0. The molecule has 7 heavy (non-hydrogen) atoms. The monoisotopic (exact) mass is 177 g/mol. The van der Waals surface area contributed by atoms with Crippen LogP contribution in [0.4, 0.5) is 0 Å². The van der Waals surface area contributed by atoms with Crippen LogP contribution in [0.5, 0.6) is 0 Å². The fraction of sp³-hybridized carbons (Fsp3) is 0. The molecule has 0 heterocycles. The largest absolute Gasteiger partial charge is 0.294 e. The van der Waals surface area contributed by atoms with Crippen LogP contribution in [0.15, 0.2) is 12.7 Å². The van der Waals surface area contributed by atoms with Gasteiger partial charge < -0.3 is 0 Å². The summed E-state index contributed by atoms with van der Waals surface area (Å²) in [6.07, 6.45) is 0.944. The molecule has 0 aliphatic carbocycles. The zero-order chi connectivity index (χ0) is 4.28. The fourth-order valence-electron chi connectivity index (χ4n) is 0. The van der Waals surface area contributed by atoms with Gasteiger partial charge in [-0.25, -0.2) is 0 Å². The molecule has 3 heteroatoms. The Morgan fingerprint density at radius 3 is 1.86 bits per heavy atom. The van der Waals surface area contributed by atoms with Crippen LogP contribution in [0.25, 0.3) is 0 Å². The molecule has 0 aromatic rings.